The first-order valence-corrected chi connectivity index (χ1v) is 5.14. The molecule has 1 aromatic rings. The first kappa shape index (κ1) is 10.5. The zero-order valence-electron chi connectivity index (χ0n) is 8.63. The summed E-state index contributed by atoms with van der Waals surface area (Å²) in [4.78, 5) is 21.7. The van der Waals surface area contributed by atoms with E-state index >= 15 is 0 Å². The van der Waals surface area contributed by atoms with E-state index in [2.05, 4.69) is 0 Å². The summed E-state index contributed by atoms with van der Waals surface area (Å²) in [6.07, 6.45) is 4.86. The molecule has 16 heavy (non-hydrogen) atoms. The van der Waals surface area contributed by atoms with Gasteiger partial charge in [-0.3, -0.25) is 14.9 Å². The van der Waals surface area contributed by atoms with Crippen LogP contribution in [0.3, 0.4) is 0 Å². The summed E-state index contributed by atoms with van der Waals surface area (Å²) in [6, 6.07) is 6.39. The molecular formula is C12H11NO3. The Balaban J connectivity index is 2.19. The molecule has 4 heteroatoms. The van der Waals surface area contributed by atoms with Gasteiger partial charge in [0.2, 0.25) is 0 Å². The summed E-state index contributed by atoms with van der Waals surface area (Å²) in [5.74, 6) is 0.220. The number of nitrogens with zero attached hydrogens (tertiary/aromatic N) is 1. The number of hydrogen-bond donors (Lipinski definition) is 0. The van der Waals surface area contributed by atoms with Gasteiger partial charge in [0, 0.05) is 12.0 Å². The highest BCUT2D eigenvalue weighted by atomic mass is 16.6. The molecule has 2 rings (SSSR count). The Morgan fingerprint density at radius 1 is 1.38 bits per heavy atom. The van der Waals surface area contributed by atoms with Gasteiger partial charge in [-0.2, -0.15) is 0 Å². The fraction of sp³-hybridized carbons (Fsp3) is 0.250. The average molecular weight is 217 g/mol. The van der Waals surface area contributed by atoms with Gasteiger partial charge in [-0.05, 0) is 31.1 Å². The monoisotopic (exact) mass is 217 g/mol. The van der Waals surface area contributed by atoms with Crippen LogP contribution in [0, 0.1) is 16.0 Å². The number of nitro groups is 1. The second-order valence-corrected chi connectivity index (χ2v) is 3.83. The summed E-state index contributed by atoms with van der Waals surface area (Å²) in [5, 5.41) is 10.7. The number of allylic oxidation sites excluding steroid dienone is 1. The molecule has 0 atom stereocenters. The lowest BCUT2D eigenvalue weighted by Crippen LogP contribution is -1.95. The van der Waals surface area contributed by atoms with Crippen molar-refractivity contribution in [1.29, 1.82) is 0 Å². The molecule has 0 saturated heterocycles. The maximum absolute atomic E-state index is 11.4. The van der Waals surface area contributed by atoms with E-state index in [1.165, 1.54) is 18.2 Å². The molecule has 4 nitrogen and oxygen atoms in total. The molecule has 0 radical (unpaired) electrons. The van der Waals surface area contributed by atoms with Gasteiger partial charge in [-0.15, -0.1) is 0 Å². The van der Waals surface area contributed by atoms with Gasteiger partial charge in [0.15, 0.2) is 5.78 Å². The molecule has 0 unspecified atom stereocenters. The minimum absolute atomic E-state index is 0.0300. The third kappa shape index (κ3) is 2.34. The molecule has 0 aromatic heterocycles. The van der Waals surface area contributed by atoms with E-state index in [0.29, 0.717) is 5.56 Å². The second kappa shape index (κ2) is 4.26. The van der Waals surface area contributed by atoms with Crippen LogP contribution in [-0.2, 0) is 4.79 Å². The van der Waals surface area contributed by atoms with E-state index in [0.717, 1.165) is 12.8 Å². The molecule has 0 amide bonds. The van der Waals surface area contributed by atoms with Gasteiger partial charge >= 0.3 is 0 Å². The zero-order chi connectivity index (χ0) is 11.5. The van der Waals surface area contributed by atoms with Crippen molar-refractivity contribution in [2.45, 2.75) is 12.8 Å². The third-order valence-electron chi connectivity index (χ3n) is 2.54. The number of para-hydroxylation sites is 1. The fourth-order valence-electron chi connectivity index (χ4n) is 1.47. The maximum Gasteiger partial charge on any atom is 0.276 e. The Hall–Kier alpha value is -1.97. The van der Waals surface area contributed by atoms with Crippen LogP contribution in [0.1, 0.15) is 18.4 Å². The van der Waals surface area contributed by atoms with Gasteiger partial charge in [-0.25, -0.2) is 0 Å². The van der Waals surface area contributed by atoms with Crippen LogP contribution < -0.4 is 0 Å². The zero-order valence-corrected chi connectivity index (χ0v) is 8.63. The van der Waals surface area contributed by atoms with Crippen LogP contribution in [0.2, 0.25) is 0 Å². The fourth-order valence-corrected chi connectivity index (χ4v) is 1.47. The van der Waals surface area contributed by atoms with Crippen LogP contribution in [0.4, 0.5) is 5.69 Å². The van der Waals surface area contributed by atoms with Crippen molar-refractivity contribution in [2.75, 3.05) is 0 Å². The van der Waals surface area contributed by atoms with E-state index in [1.807, 2.05) is 0 Å². The van der Waals surface area contributed by atoms with E-state index in [4.69, 9.17) is 0 Å². The van der Waals surface area contributed by atoms with Crippen molar-refractivity contribution >= 4 is 17.5 Å². The number of carbonyl (C=O) groups excluding carboxylic acids is 1. The predicted molar refractivity (Wildman–Crippen MR) is 59.9 cm³/mol. The Labute approximate surface area is 92.7 Å². The van der Waals surface area contributed by atoms with Gasteiger partial charge in [0.25, 0.3) is 5.69 Å². The molecular weight excluding hydrogens is 206 g/mol. The van der Waals surface area contributed by atoms with Gasteiger partial charge in [0.1, 0.15) is 0 Å². The molecule has 0 bridgehead atoms. The van der Waals surface area contributed by atoms with Crippen LogP contribution in [0.15, 0.2) is 30.3 Å². The molecule has 0 heterocycles. The first-order valence-electron chi connectivity index (χ1n) is 5.14. The molecule has 1 aliphatic carbocycles. The van der Waals surface area contributed by atoms with Crippen molar-refractivity contribution in [3.63, 3.8) is 0 Å². The van der Waals surface area contributed by atoms with E-state index < -0.39 is 4.92 Å². The van der Waals surface area contributed by atoms with Crippen molar-refractivity contribution in [3.8, 4) is 0 Å². The van der Waals surface area contributed by atoms with E-state index in [-0.39, 0.29) is 17.4 Å². The summed E-state index contributed by atoms with van der Waals surface area (Å²) < 4.78 is 0. The van der Waals surface area contributed by atoms with Crippen LogP contribution in [-0.4, -0.2) is 10.7 Å². The maximum atomic E-state index is 11.4. The molecule has 0 spiro atoms. The van der Waals surface area contributed by atoms with E-state index in [1.54, 1.807) is 18.2 Å². The lowest BCUT2D eigenvalue weighted by atomic mass is 10.1. The molecule has 1 aromatic carbocycles. The Morgan fingerprint density at radius 2 is 2.06 bits per heavy atom. The third-order valence-corrected chi connectivity index (χ3v) is 2.54. The number of benzene rings is 1. The summed E-state index contributed by atoms with van der Waals surface area (Å²) in [5.41, 5.74) is 0.504. The molecule has 1 saturated carbocycles. The first-order chi connectivity index (χ1) is 7.68. The number of carbonyl (C=O) groups is 1. The highest BCUT2D eigenvalue weighted by Crippen LogP contribution is 2.30. The van der Waals surface area contributed by atoms with Crippen molar-refractivity contribution < 1.29 is 9.72 Å². The SMILES string of the molecule is O=C(C=Cc1ccccc1[N+](=O)[O-])C1CC1. The molecule has 0 N–H and O–H groups in total. The summed E-state index contributed by atoms with van der Waals surface area (Å²) in [7, 11) is 0. The Morgan fingerprint density at radius 3 is 2.69 bits per heavy atom. The van der Waals surface area contributed by atoms with Crippen LogP contribution in [0.5, 0.6) is 0 Å². The standard InChI is InChI=1S/C12H11NO3/c14-12(10-5-6-10)8-7-9-3-1-2-4-11(9)13(15)16/h1-4,7-8,10H,5-6H2. The van der Waals surface area contributed by atoms with Gasteiger partial charge in [-0.1, -0.05) is 12.1 Å². The number of ketones is 1. The quantitative estimate of drug-likeness (QED) is 0.442. The molecule has 82 valence electrons. The number of rotatable bonds is 4. The summed E-state index contributed by atoms with van der Waals surface area (Å²) >= 11 is 0. The van der Waals surface area contributed by atoms with Crippen molar-refractivity contribution in [3.05, 3.63) is 46.0 Å². The predicted octanol–water partition coefficient (Wildman–Crippen LogP) is 2.59. The highest BCUT2D eigenvalue weighted by molar-refractivity contribution is 5.97. The van der Waals surface area contributed by atoms with Crippen LogP contribution >= 0.6 is 0 Å². The molecule has 0 aliphatic heterocycles. The van der Waals surface area contributed by atoms with Gasteiger partial charge < -0.3 is 0 Å². The van der Waals surface area contributed by atoms with Crippen LogP contribution in [0.25, 0.3) is 6.08 Å². The van der Waals surface area contributed by atoms with Crippen molar-refractivity contribution in [2.24, 2.45) is 5.92 Å². The topological polar surface area (TPSA) is 60.2 Å². The summed E-state index contributed by atoms with van der Waals surface area (Å²) in [6.45, 7) is 0. The smallest absolute Gasteiger partial charge is 0.276 e. The molecule has 1 fully saturated rings. The normalized spacial score (nSPS) is 15.2. The Bertz CT molecular complexity index is 461. The average Bonchev–Trinajstić information content (AvgIpc) is 3.10. The number of hydrogen-bond acceptors (Lipinski definition) is 3. The largest absolute Gasteiger partial charge is 0.295 e. The lowest BCUT2D eigenvalue weighted by Gasteiger charge is -1.95. The highest BCUT2D eigenvalue weighted by Gasteiger charge is 2.27. The van der Waals surface area contributed by atoms with Gasteiger partial charge in [0.05, 0.1) is 10.5 Å². The minimum atomic E-state index is -0.443. The Kier molecular flexibility index (Phi) is 2.81. The minimum Gasteiger partial charge on any atom is -0.295 e. The lowest BCUT2D eigenvalue weighted by molar-refractivity contribution is -0.385. The number of nitro benzene ring substituents is 1. The second-order valence-electron chi connectivity index (χ2n) is 3.83. The molecule has 1 aliphatic rings. The van der Waals surface area contributed by atoms with E-state index in [9.17, 15) is 14.9 Å². The van der Waals surface area contributed by atoms with Crippen molar-refractivity contribution in [1.82, 2.24) is 0 Å².